The van der Waals surface area contributed by atoms with Crippen LogP contribution in [0.5, 0.6) is 0 Å². The van der Waals surface area contributed by atoms with Gasteiger partial charge >= 0.3 is 5.97 Å². The molecule has 8 nitrogen and oxygen atoms in total. The fourth-order valence-electron chi connectivity index (χ4n) is 2.75. The molecule has 2 heterocycles. The van der Waals surface area contributed by atoms with E-state index >= 15 is 0 Å². The van der Waals surface area contributed by atoms with Gasteiger partial charge in [0, 0.05) is 13.5 Å². The zero-order valence-electron chi connectivity index (χ0n) is 14.2. The Balaban J connectivity index is 1.70. The molecule has 0 saturated heterocycles. The van der Waals surface area contributed by atoms with E-state index in [0.29, 0.717) is 23.4 Å². The number of aryl methyl sites for hydroxylation is 1. The van der Waals surface area contributed by atoms with Gasteiger partial charge in [-0.2, -0.15) is 0 Å². The van der Waals surface area contributed by atoms with Crippen LogP contribution in [0.3, 0.4) is 0 Å². The number of esters is 1. The standard InChI is InChI=1S/C17H18N4O4/c1-4-13-18-19-14(20(13)3)9-25-17(24)10(2)21-15(22)11-7-5-6-8-12(11)16(21)23/h5-8,10H,4,9H2,1-3H3. The molecular weight excluding hydrogens is 324 g/mol. The van der Waals surface area contributed by atoms with Crippen molar-refractivity contribution in [2.75, 3.05) is 0 Å². The monoisotopic (exact) mass is 342 g/mol. The van der Waals surface area contributed by atoms with E-state index in [9.17, 15) is 14.4 Å². The molecule has 2 aromatic rings. The van der Waals surface area contributed by atoms with Gasteiger partial charge in [-0.3, -0.25) is 14.5 Å². The van der Waals surface area contributed by atoms with Crippen LogP contribution in [0.15, 0.2) is 24.3 Å². The molecule has 0 radical (unpaired) electrons. The highest BCUT2D eigenvalue weighted by molar-refractivity contribution is 6.22. The summed E-state index contributed by atoms with van der Waals surface area (Å²) in [6, 6.07) is 5.47. The second-order valence-corrected chi connectivity index (χ2v) is 5.75. The maximum Gasteiger partial charge on any atom is 0.329 e. The number of ether oxygens (including phenoxy) is 1. The summed E-state index contributed by atoms with van der Waals surface area (Å²) in [6.45, 7) is 3.35. The van der Waals surface area contributed by atoms with Gasteiger partial charge in [-0.1, -0.05) is 19.1 Å². The van der Waals surface area contributed by atoms with Crippen molar-refractivity contribution in [3.8, 4) is 0 Å². The topological polar surface area (TPSA) is 94.4 Å². The van der Waals surface area contributed by atoms with E-state index in [-0.39, 0.29) is 6.61 Å². The van der Waals surface area contributed by atoms with Crippen LogP contribution in [-0.2, 0) is 29.6 Å². The van der Waals surface area contributed by atoms with Gasteiger partial charge in [-0.05, 0) is 19.1 Å². The molecule has 1 aliphatic rings. The van der Waals surface area contributed by atoms with Crippen molar-refractivity contribution in [2.24, 2.45) is 7.05 Å². The number of carbonyl (C=O) groups excluding carboxylic acids is 3. The summed E-state index contributed by atoms with van der Waals surface area (Å²) in [5.41, 5.74) is 0.598. The van der Waals surface area contributed by atoms with Crippen molar-refractivity contribution in [3.05, 3.63) is 47.0 Å². The second kappa shape index (κ2) is 6.46. The highest BCUT2D eigenvalue weighted by atomic mass is 16.5. The van der Waals surface area contributed by atoms with Crippen LogP contribution in [0.4, 0.5) is 0 Å². The van der Waals surface area contributed by atoms with Crippen molar-refractivity contribution >= 4 is 17.8 Å². The van der Waals surface area contributed by atoms with E-state index in [1.54, 1.807) is 35.9 Å². The minimum absolute atomic E-state index is 0.0736. The molecule has 0 fully saturated rings. The van der Waals surface area contributed by atoms with Crippen LogP contribution in [0.1, 0.15) is 46.2 Å². The summed E-state index contributed by atoms with van der Waals surface area (Å²) >= 11 is 0. The third-order valence-electron chi connectivity index (χ3n) is 4.27. The van der Waals surface area contributed by atoms with Crippen molar-refractivity contribution in [1.29, 1.82) is 0 Å². The second-order valence-electron chi connectivity index (χ2n) is 5.75. The number of fused-ring (bicyclic) bond motifs is 1. The molecule has 0 bridgehead atoms. The van der Waals surface area contributed by atoms with E-state index in [1.807, 2.05) is 6.92 Å². The predicted molar refractivity (Wildman–Crippen MR) is 86.6 cm³/mol. The smallest absolute Gasteiger partial charge is 0.329 e. The Hall–Kier alpha value is -3.03. The first-order valence-electron chi connectivity index (χ1n) is 7.96. The average molecular weight is 342 g/mol. The lowest BCUT2D eigenvalue weighted by Gasteiger charge is -2.20. The summed E-state index contributed by atoms with van der Waals surface area (Å²) < 4.78 is 6.98. The Labute approximate surface area is 144 Å². The average Bonchev–Trinajstić information content (AvgIpc) is 3.10. The van der Waals surface area contributed by atoms with E-state index in [4.69, 9.17) is 4.74 Å². The zero-order chi connectivity index (χ0) is 18.1. The molecule has 2 amide bonds. The number of nitrogens with zero attached hydrogens (tertiary/aromatic N) is 4. The van der Waals surface area contributed by atoms with Crippen molar-refractivity contribution in [1.82, 2.24) is 19.7 Å². The quantitative estimate of drug-likeness (QED) is 0.597. The third kappa shape index (κ3) is 2.79. The van der Waals surface area contributed by atoms with Gasteiger partial charge < -0.3 is 9.30 Å². The first-order chi connectivity index (χ1) is 12.0. The first-order valence-corrected chi connectivity index (χ1v) is 7.96. The minimum Gasteiger partial charge on any atom is -0.456 e. The normalized spacial score (nSPS) is 14.6. The van der Waals surface area contributed by atoms with Crippen LogP contribution in [0.2, 0.25) is 0 Å². The molecule has 0 spiro atoms. The number of amides is 2. The molecule has 0 N–H and O–H groups in total. The third-order valence-corrected chi connectivity index (χ3v) is 4.27. The summed E-state index contributed by atoms with van der Waals surface area (Å²) in [5, 5.41) is 7.95. The van der Waals surface area contributed by atoms with Gasteiger partial charge in [0.1, 0.15) is 11.9 Å². The van der Waals surface area contributed by atoms with Gasteiger partial charge in [-0.15, -0.1) is 10.2 Å². The van der Waals surface area contributed by atoms with Crippen LogP contribution in [0, 0.1) is 0 Å². The SMILES string of the molecule is CCc1nnc(COC(=O)C(C)N2C(=O)c3ccccc3C2=O)n1C. The molecule has 1 atom stereocenters. The molecule has 1 aromatic heterocycles. The molecule has 3 rings (SSSR count). The van der Waals surface area contributed by atoms with Gasteiger partial charge in [0.2, 0.25) is 0 Å². The minimum atomic E-state index is -1.02. The largest absolute Gasteiger partial charge is 0.456 e. The molecule has 130 valence electrons. The number of imide groups is 1. The Morgan fingerprint density at radius 2 is 1.68 bits per heavy atom. The fraction of sp³-hybridized carbons (Fsp3) is 0.353. The number of hydrogen-bond acceptors (Lipinski definition) is 6. The number of benzene rings is 1. The molecule has 1 unspecified atom stereocenters. The maximum atomic E-state index is 12.4. The number of aromatic nitrogens is 3. The van der Waals surface area contributed by atoms with Gasteiger partial charge in [-0.25, -0.2) is 4.79 Å². The van der Waals surface area contributed by atoms with E-state index < -0.39 is 23.8 Å². The van der Waals surface area contributed by atoms with Gasteiger partial charge in [0.15, 0.2) is 12.4 Å². The number of carbonyl (C=O) groups is 3. The van der Waals surface area contributed by atoms with Crippen LogP contribution in [0.25, 0.3) is 0 Å². The Morgan fingerprint density at radius 3 is 2.20 bits per heavy atom. The van der Waals surface area contributed by atoms with E-state index in [1.165, 1.54) is 6.92 Å². The molecule has 0 aliphatic carbocycles. The fourth-order valence-corrected chi connectivity index (χ4v) is 2.75. The highest BCUT2D eigenvalue weighted by Gasteiger charge is 2.41. The van der Waals surface area contributed by atoms with Crippen molar-refractivity contribution < 1.29 is 19.1 Å². The molecule has 1 aliphatic heterocycles. The summed E-state index contributed by atoms with van der Waals surface area (Å²) in [4.78, 5) is 38.0. The highest BCUT2D eigenvalue weighted by Crippen LogP contribution is 2.24. The Morgan fingerprint density at radius 1 is 1.12 bits per heavy atom. The van der Waals surface area contributed by atoms with E-state index in [0.717, 1.165) is 10.7 Å². The number of rotatable bonds is 5. The van der Waals surface area contributed by atoms with Crippen LogP contribution in [-0.4, -0.2) is 43.5 Å². The zero-order valence-corrected chi connectivity index (χ0v) is 14.2. The van der Waals surface area contributed by atoms with Crippen LogP contribution < -0.4 is 0 Å². The summed E-state index contributed by atoms with van der Waals surface area (Å²) in [6.07, 6.45) is 0.711. The number of hydrogen-bond donors (Lipinski definition) is 0. The molecule has 25 heavy (non-hydrogen) atoms. The van der Waals surface area contributed by atoms with Crippen LogP contribution >= 0.6 is 0 Å². The van der Waals surface area contributed by atoms with E-state index in [2.05, 4.69) is 10.2 Å². The van der Waals surface area contributed by atoms with Gasteiger partial charge in [0.05, 0.1) is 11.1 Å². The first kappa shape index (κ1) is 16.8. The Kier molecular flexibility index (Phi) is 4.35. The lowest BCUT2D eigenvalue weighted by atomic mass is 10.1. The summed E-state index contributed by atoms with van der Waals surface area (Å²) in [5.74, 6) is -0.372. The van der Waals surface area contributed by atoms with Crippen molar-refractivity contribution in [3.63, 3.8) is 0 Å². The van der Waals surface area contributed by atoms with Gasteiger partial charge in [0.25, 0.3) is 11.8 Å². The lowest BCUT2D eigenvalue weighted by Crippen LogP contribution is -2.43. The van der Waals surface area contributed by atoms with Crippen molar-refractivity contribution in [2.45, 2.75) is 32.9 Å². The Bertz CT molecular complexity index is 823. The molecule has 1 aromatic carbocycles. The molecule has 0 saturated carbocycles. The molecular formula is C17H18N4O4. The summed E-state index contributed by atoms with van der Waals surface area (Å²) in [7, 11) is 1.79. The molecule has 8 heteroatoms. The predicted octanol–water partition coefficient (Wildman–Crippen LogP) is 1.11. The lowest BCUT2D eigenvalue weighted by molar-refractivity contribution is -0.149. The maximum absolute atomic E-state index is 12.4.